The highest BCUT2D eigenvalue weighted by Crippen LogP contribution is 2.41. The number of rotatable bonds is 3. The summed E-state index contributed by atoms with van der Waals surface area (Å²) in [5.41, 5.74) is 2.15. The Labute approximate surface area is 204 Å². The molecule has 0 saturated carbocycles. The number of nitrogens with one attached hydrogen (secondary N) is 1. The van der Waals surface area contributed by atoms with E-state index in [4.69, 9.17) is 0 Å². The van der Waals surface area contributed by atoms with Crippen LogP contribution in [-0.2, 0) is 6.18 Å². The zero-order valence-corrected chi connectivity index (χ0v) is 18.9. The molecule has 182 valence electrons. The van der Waals surface area contributed by atoms with E-state index in [1.165, 1.54) is 12.4 Å². The van der Waals surface area contributed by atoms with E-state index in [1.807, 2.05) is 18.2 Å². The van der Waals surface area contributed by atoms with E-state index in [9.17, 15) is 18.0 Å². The standard InChI is InChI=1S/C25H20F3N7O/c26-25(27,28)17-3-1-2-16(12-17)21-8-9-22-23(32-21)35(20-10-11-33(22)13-20)24(36)31-18-4-6-19(7-5-18)34-15-29-14-30-34/h1-9,12,14-15,20H,10-11,13H2,(H,31,36)/t20-/m0/s1. The van der Waals surface area contributed by atoms with Crippen LogP contribution in [0.25, 0.3) is 16.9 Å². The zero-order valence-electron chi connectivity index (χ0n) is 18.9. The third-order valence-corrected chi connectivity index (χ3v) is 6.46. The van der Waals surface area contributed by atoms with Crippen LogP contribution in [0.5, 0.6) is 0 Å². The van der Waals surface area contributed by atoms with Crippen molar-refractivity contribution in [2.45, 2.75) is 18.6 Å². The molecule has 0 unspecified atom stereocenters. The van der Waals surface area contributed by atoms with E-state index in [-0.39, 0.29) is 12.1 Å². The van der Waals surface area contributed by atoms with Crippen LogP contribution in [0.4, 0.5) is 35.2 Å². The van der Waals surface area contributed by atoms with Gasteiger partial charge >= 0.3 is 12.2 Å². The first kappa shape index (κ1) is 22.1. The monoisotopic (exact) mass is 491 g/mol. The molecule has 0 aliphatic carbocycles. The van der Waals surface area contributed by atoms with Crippen LogP contribution in [0, 0.1) is 0 Å². The first-order chi connectivity index (χ1) is 17.4. The highest BCUT2D eigenvalue weighted by molar-refractivity contribution is 6.04. The van der Waals surface area contributed by atoms with E-state index in [1.54, 1.807) is 40.2 Å². The number of hydrogen-bond acceptors (Lipinski definition) is 5. The quantitative estimate of drug-likeness (QED) is 0.437. The molecule has 6 rings (SSSR count). The Morgan fingerprint density at radius 1 is 1.06 bits per heavy atom. The number of aromatic nitrogens is 4. The number of hydrogen-bond donors (Lipinski definition) is 1. The zero-order chi connectivity index (χ0) is 24.9. The minimum atomic E-state index is -4.45. The van der Waals surface area contributed by atoms with Crippen molar-refractivity contribution in [1.82, 2.24) is 19.7 Å². The summed E-state index contributed by atoms with van der Waals surface area (Å²) in [6.45, 7) is 1.45. The normalized spacial score (nSPS) is 16.7. The molecule has 2 bridgehead atoms. The number of fused-ring (bicyclic) bond motifs is 4. The first-order valence-corrected chi connectivity index (χ1v) is 11.4. The van der Waals surface area contributed by atoms with Crippen molar-refractivity contribution in [2.75, 3.05) is 28.2 Å². The highest BCUT2D eigenvalue weighted by atomic mass is 19.4. The Kier molecular flexibility index (Phi) is 5.13. The summed E-state index contributed by atoms with van der Waals surface area (Å²) in [5.74, 6) is 0.440. The van der Waals surface area contributed by atoms with E-state index in [0.29, 0.717) is 29.3 Å². The minimum absolute atomic E-state index is 0.0869. The average Bonchev–Trinajstić information content (AvgIpc) is 3.55. The highest BCUT2D eigenvalue weighted by Gasteiger charge is 2.40. The molecule has 0 spiro atoms. The summed E-state index contributed by atoms with van der Waals surface area (Å²) >= 11 is 0. The molecule has 2 amide bonds. The SMILES string of the molecule is O=C(Nc1ccc(-n2cncn2)cc1)N1c2nc(-c3cccc(C(F)(F)F)c3)ccc2N2CC[C@H]1C2. The van der Waals surface area contributed by atoms with E-state index >= 15 is 0 Å². The van der Waals surface area contributed by atoms with Crippen molar-refractivity contribution in [3.8, 4) is 16.9 Å². The molecule has 1 atom stereocenters. The molecular formula is C25H20F3N7O. The number of nitrogens with zero attached hydrogens (tertiary/aromatic N) is 6. The number of benzene rings is 2. The van der Waals surface area contributed by atoms with Crippen LogP contribution < -0.4 is 15.1 Å². The molecule has 2 aliphatic rings. The largest absolute Gasteiger partial charge is 0.416 e. The summed E-state index contributed by atoms with van der Waals surface area (Å²) in [4.78, 5) is 25.8. The smallest absolute Gasteiger partial charge is 0.366 e. The molecule has 1 fully saturated rings. The van der Waals surface area contributed by atoms with E-state index in [2.05, 4.69) is 25.3 Å². The maximum atomic E-state index is 13.4. The van der Waals surface area contributed by atoms with Gasteiger partial charge in [-0.05, 0) is 55.0 Å². The number of carbonyl (C=O) groups is 1. The Morgan fingerprint density at radius 3 is 2.64 bits per heavy atom. The molecule has 2 aliphatic heterocycles. The summed E-state index contributed by atoms with van der Waals surface area (Å²) in [7, 11) is 0. The summed E-state index contributed by atoms with van der Waals surface area (Å²) < 4.78 is 41.4. The molecule has 0 radical (unpaired) electrons. The third-order valence-electron chi connectivity index (χ3n) is 6.46. The van der Waals surface area contributed by atoms with Crippen LogP contribution in [0.3, 0.4) is 0 Å². The van der Waals surface area contributed by atoms with Crippen molar-refractivity contribution < 1.29 is 18.0 Å². The predicted molar refractivity (Wildman–Crippen MR) is 128 cm³/mol. The van der Waals surface area contributed by atoms with E-state index < -0.39 is 11.7 Å². The molecule has 11 heteroatoms. The average molecular weight is 491 g/mol. The Bertz CT molecular complexity index is 1420. The maximum absolute atomic E-state index is 13.4. The van der Waals surface area contributed by atoms with Crippen molar-refractivity contribution in [1.29, 1.82) is 0 Å². The van der Waals surface area contributed by atoms with Crippen molar-refractivity contribution >= 4 is 23.2 Å². The van der Waals surface area contributed by atoms with Crippen LogP contribution in [0.2, 0.25) is 0 Å². The number of amides is 2. The number of anilines is 3. The van der Waals surface area contributed by atoms with Gasteiger partial charge in [-0.15, -0.1) is 0 Å². The van der Waals surface area contributed by atoms with Gasteiger partial charge in [-0.25, -0.2) is 19.4 Å². The van der Waals surface area contributed by atoms with Gasteiger partial charge in [0.2, 0.25) is 0 Å². The number of halogens is 3. The maximum Gasteiger partial charge on any atom is 0.416 e. The number of alkyl halides is 3. The molecule has 8 nitrogen and oxygen atoms in total. The lowest BCUT2D eigenvalue weighted by molar-refractivity contribution is -0.137. The van der Waals surface area contributed by atoms with Crippen molar-refractivity contribution in [2.24, 2.45) is 0 Å². The summed E-state index contributed by atoms with van der Waals surface area (Å²) in [6.07, 6.45) is -0.662. The van der Waals surface area contributed by atoms with Crippen LogP contribution >= 0.6 is 0 Å². The van der Waals surface area contributed by atoms with Crippen LogP contribution in [0.1, 0.15) is 12.0 Å². The second-order valence-electron chi connectivity index (χ2n) is 8.69. The molecular weight excluding hydrogens is 471 g/mol. The Morgan fingerprint density at radius 2 is 1.89 bits per heavy atom. The molecule has 2 aromatic heterocycles. The van der Waals surface area contributed by atoms with Gasteiger partial charge < -0.3 is 10.2 Å². The first-order valence-electron chi connectivity index (χ1n) is 11.4. The fourth-order valence-corrected chi connectivity index (χ4v) is 4.71. The molecule has 4 heterocycles. The number of urea groups is 1. The van der Waals surface area contributed by atoms with Crippen molar-refractivity contribution in [3.05, 3.63) is 78.9 Å². The van der Waals surface area contributed by atoms with Crippen molar-refractivity contribution in [3.63, 3.8) is 0 Å². The minimum Gasteiger partial charge on any atom is -0.366 e. The Hall–Kier alpha value is -4.41. The van der Waals surface area contributed by atoms with E-state index in [0.717, 1.165) is 36.5 Å². The topological polar surface area (TPSA) is 79.2 Å². The lowest BCUT2D eigenvalue weighted by atomic mass is 10.1. The van der Waals surface area contributed by atoms with Gasteiger partial charge in [0.25, 0.3) is 0 Å². The number of pyridine rings is 1. The van der Waals surface area contributed by atoms with Crippen LogP contribution in [-0.4, -0.2) is 44.9 Å². The second-order valence-corrected chi connectivity index (χ2v) is 8.69. The van der Waals surface area contributed by atoms with Gasteiger partial charge in [0.1, 0.15) is 12.7 Å². The van der Waals surface area contributed by atoms with Crippen LogP contribution in [0.15, 0.2) is 73.3 Å². The molecule has 2 aromatic carbocycles. The predicted octanol–water partition coefficient (Wildman–Crippen LogP) is 4.98. The molecule has 4 aromatic rings. The van der Waals surface area contributed by atoms with Gasteiger partial charge in [0.05, 0.1) is 28.7 Å². The Balaban J connectivity index is 1.31. The van der Waals surface area contributed by atoms with Gasteiger partial charge in [0.15, 0.2) is 5.82 Å². The lowest BCUT2D eigenvalue weighted by Crippen LogP contribution is -2.48. The molecule has 1 N–H and O–H groups in total. The second kappa shape index (κ2) is 8.36. The summed E-state index contributed by atoms with van der Waals surface area (Å²) in [6, 6.07) is 15.3. The third kappa shape index (κ3) is 3.92. The fourth-order valence-electron chi connectivity index (χ4n) is 4.71. The molecule has 1 saturated heterocycles. The van der Waals surface area contributed by atoms with Gasteiger partial charge in [-0.1, -0.05) is 12.1 Å². The summed E-state index contributed by atoms with van der Waals surface area (Å²) in [5, 5.41) is 7.02. The number of carbonyl (C=O) groups excluding carboxylic acids is 1. The molecule has 36 heavy (non-hydrogen) atoms. The van der Waals surface area contributed by atoms with Gasteiger partial charge in [-0.2, -0.15) is 18.3 Å². The lowest BCUT2D eigenvalue weighted by Gasteiger charge is -2.36. The fraction of sp³-hybridized carbons (Fsp3) is 0.200. The van der Waals surface area contributed by atoms with Gasteiger partial charge in [-0.3, -0.25) is 4.90 Å². The van der Waals surface area contributed by atoms with Gasteiger partial charge in [0, 0.05) is 24.3 Å².